The summed E-state index contributed by atoms with van der Waals surface area (Å²) in [5.74, 6) is 0.789. The monoisotopic (exact) mass is 475 g/mol. The van der Waals surface area contributed by atoms with Crippen LogP contribution in [0.25, 0.3) is 0 Å². The number of carbonyl (C=O) groups excluding carboxylic acids is 2. The van der Waals surface area contributed by atoms with Crippen LogP contribution in [-0.2, 0) is 9.59 Å². The molecule has 3 aromatic carbocycles. The largest absolute Gasteiger partial charge is 0.496 e. The molecule has 0 spiro atoms. The van der Waals surface area contributed by atoms with E-state index in [0.29, 0.717) is 22.9 Å². The first-order valence-corrected chi connectivity index (χ1v) is 11.2. The summed E-state index contributed by atoms with van der Waals surface area (Å²) in [6.45, 7) is 2.00. The van der Waals surface area contributed by atoms with Crippen LogP contribution in [0.1, 0.15) is 12.0 Å². The van der Waals surface area contributed by atoms with E-state index in [1.165, 1.54) is 21.3 Å². The zero-order valence-electron chi connectivity index (χ0n) is 20.5. The number of hydrogen-bond donors (Lipinski definition) is 1. The maximum Gasteiger partial charge on any atom is 0.250 e. The van der Waals surface area contributed by atoms with Gasteiger partial charge in [0.25, 0.3) is 0 Å². The molecule has 1 N–H and O–H groups in total. The number of carbonyl (C=O) groups is 2. The Hall–Kier alpha value is -4.20. The third kappa shape index (κ3) is 4.59. The molecular weight excluding hydrogens is 446 g/mol. The number of para-hydroxylation sites is 1. The fourth-order valence-corrected chi connectivity index (χ4v) is 4.31. The number of nitrogens with one attached hydrogen (secondary N) is 1. The number of methoxy groups -OCH3 is 3. The first-order chi connectivity index (χ1) is 16.9. The van der Waals surface area contributed by atoms with Gasteiger partial charge in [0, 0.05) is 24.9 Å². The number of likely N-dealkylation sites (N-methyl/N-ethyl adjacent to an activating group) is 1. The Balaban J connectivity index is 1.71. The summed E-state index contributed by atoms with van der Waals surface area (Å²) < 4.78 is 16.2. The molecule has 182 valence electrons. The molecule has 0 saturated heterocycles. The molecule has 35 heavy (non-hydrogen) atoms. The van der Waals surface area contributed by atoms with E-state index in [-0.39, 0.29) is 18.2 Å². The van der Waals surface area contributed by atoms with Crippen molar-refractivity contribution in [3.8, 4) is 17.2 Å². The fourth-order valence-electron chi connectivity index (χ4n) is 4.31. The van der Waals surface area contributed by atoms with Crippen molar-refractivity contribution < 1.29 is 23.8 Å². The summed E-state index contributed by atoms with van der Waals surface area (Å²) in [6, 6.07) is 18.1. The van der Waals surface area contributed by atoms with Gasteiger partial charge in [0.2, 0.25) is 11.8 Å². The van der Waals surface area contributed by atoms with Crippen molar-refractivity contribution in [3.63, 3.8) is 0 Å². The Morgan fingerprint density at radius 3 is 2.17 bits per heavy atom. The van der Waals surface area contributed by atoms with Gasteiger partial charge in [-0.2, -0.15) is 0 Å². The highest BCUT2D eigenvalue weighted by Gasteiger charge is 2.39. The van der Waals surface area contributed by atoms with E-state index >= 15 is 0 Å². The van der Waals surface area contributed by atoms with Crippen molar-refractivity contribution in [2.24, 2.45) is 0 Å². The smallest absolute Gasteiger partial charge is 0.250 e. The molecule has 0 saturated carbocycles. The minimum absolute atomic E-state index is 0.0796. The van der Waals surface area contributed by atoms with Gasteiger partial charge >= 0.3 is 0 Å². The van der Waals surface area contributed by atoms with E-state index in [9.17, 15) is 9.59 Å². The molecule has 1 heterocycles. The van der Waals surface area contributed by atoms with Crippen LogP contribution in [0.4, 0.5) is 22.7 Å². The lowest BCUT2D eigenvalue weighted by molar-refractivity contribution is -0.123. The van der Waals surface area contributed by atoms with E-state index in [1.54, 1.807) is 24.1 Å². The third-order valence-corrected chi connectivity index (χ3v) is 6.07. The van der Waals surface area contributed by atoms with Crippen LogP contribution >= 0.6 is 0 Å². The number of benzene rings is 3. The molecule has 1 unspecified atom stereocenters. The van der Waals surface area contributed by atoms with Crippen LogP contribution in [0.2, 0.25) is 0 Å². The number of ether oxygens (including phenoxy) is 3. The topological polar surface area (TPSA) is 80.3 Å². The number of anilines is 4. The second-order valence-electron chi connectivity index (χ2n) is 8.27. The molecule has 0 aromatic heterocycles. The number of nitrogens with zero attached hydrogens (tertiary/aromatic N) is 2. The second-order valence-corrected chi connectivity index (χ2v) is 8.27. The van der Waals surface area contributed by atoms with Crippen molar-refractivity contribution in [3.05, 3.63) is 66.2 Å². The predicted molar refractivity (Wildman–Crippen MR) is 136 cm³/mol. The Morgan fingerprint density at radius 1 is 0.914 bits per heavy atom. The first kappa shape index (κ1) is 23.9. The summed E-state index contributed by atoms with van der Waals surface area (Å²) in [7, 11) is 6.27. The lowest BCUT2D eigenvalue weighted by Crippen LogP contribution is -2.51. The van der Waals surface area contributed by atoms with Gasteiger partial charge in [-0.05, 0) is 36.8 Å². The molecule has 0 bridgehead atoms. The SMILES string of the molecule is COc1cc(OC)c(NC(=O)CC2C(=O)N(C)c3ccc(C)cc3N2c2ccccc2)c(OC)c1. The highest BCUT2D eigenvalue weighted by molar-refractivity contribution is 6.10. The Bertz CT molecular complexity index is 1220. The Morgan fingerprint density at radius 2 is 1.57 bits per heavy atom. The van der Waals surface area contributed by atoms with Crippen LogP contribution in [0.3, 0.4) is 0 Å². The van der Waals surface area contributed by atoms with Gasteiger partial charge in [-0.15, -0.1) is 0 Å². The number of aryl methyl sites for hydroxylation is 1. The van der Waals surface area contributed by atoms with Gasteiger partial charge in [-0.3, -0.25) is 9.59 Å². The maximum absolute atomic E-state index is 13.5. The van der Waals surface area contributed by atoms with E-state index in [1.807, 2.05) is 60.4 Å². The average Bonchev–Trinajstić information content (AvgIpc) is 2.87. The molecule has 3 aromatic rings. The molecule has 0 radical (unpaired) electrons. The molecule has 4 rings (SSSR count). The summed E-state index contributed by atoms with van der Waals surface area (Å²) in [5, 5.41) is 2.88. The molecule has 1 aliphatic rings. The van der Waals surface area contributed by atoms with E-state index < -0.39 is 6.04 Å². The van der Waals surface area contributed by atoms with E-state index in [4.69, 9.17) is 14.2 Å². The van der Waals surface area contributed by atoms with Gasteiger partial charge in [-0.25, -0.2) is 0 Å². The van der Waals surface area contributed by atoms with Crippen molar-refractivity contribution in [1.82, 2.24) is 0 Å². The zero-order valence-corrected chi connectivity index (χ0v) is 20.5. The molecule has 1 aliphatic heterocycles. The van der Waals surface area contributed by atoms with Gasteiger partial charge in [-0.1, -0.05) is 24.3 Å². The van der Waals surface area contributed by atoms with Crippen LogP contribution in [0.5, 0.6) is 17.2 Å². The molecule has 8 nitrogen and oxygen atoms in total. The molecule has 0 aliphatic carbocycles. The Kier molecular flexibility index (Phi) is 6.82. The van der Waals surface area contributed by atoms with Crippen molar-refractivity contribution in [1.29, 1.82) is 0 Å². The van der Waals surface area contributed by atoms with Gasteiger partial charge in [0.15, 0.2) is 0 Å². The van der Waals surface area contributed by atoms with Gasteiger partial charge in [0.1, 0.15) is 29.0 Å². The zero-order chi connectivity index (χ0) is 25.1. The van der Waals surface area contributed by atoms with E-state index in [0.717, 1.165) is 22.6 Å². The quantitative estimate of drug-likeness (QED) is 0.541. The van der Waals surface area contributed by atoms with Crippen LogP contribution < -0.4 is 29.3 Å². The number of amides is 2. The summed E-state index contributed by atoms with van der Waals surface area (Å²) in [4.78, 5) is 30.4. The molecule has 1 atom stereocenters. The fraction of sp³-hybridized carbons (Fsp3) is 0.259. The number of hydrogen-bond acceptors (Lipinski definition) is 6. The summed E-state index contributed by atoms with van der Waals surface area (Å²) in [5.41, 5.74) is 3.93. The minimum atomic E-state index is -0.744. The molecular formula is C27H29N3O5. The molecule has 0 fully saturated rings. The minimum Gasteiger partial charge on any atom is -0.496 e. The van der Waals surface area contributed by atoms with Gasteiger partial charge in [0.05, 0.1) is 39.1 Å². The number of fused-ring (bicyclic) bond motifs is 1. The normalized spacial score (nSPS) is 14.9. The standard InChI is InChI=1S/C27H29N3O5/c1-17-11-12-20-21(13-17)30(18-9-7-6-8-10-18)22(27(32)29(20)2)16-25(31)28-26-23(34-4)14-19(33-3)15-24(26)35-5/h6-15,22H,16H2,1-5H3,(H,28,31). The third-order valence-electron chi connectivity index (χ3n) is 6.07. The lowest BCUT2D eigenvalue weighted by atomic mass is 10.0. The molecule has 8 heteroatoms. The average molecular weight is 476 g/mol. The van der Waals surface area contributed by atoms with Crippen LogP contribution in [0, 0.1) is 6.92 Å². The van der Waals surface area contributed by atoms with Crippen molar-refractivity contribution >= 4 is 34.6 Å². The van der Waals surface area contributed by atoms with Crippen molar-refractivity contribution in [2.75, 3.05) is 43.5 Å². The summed E-state index contributed by atoms with van der Waals surface area (Å²) >= 11 is 0. The predicted octanol–water partition coefficient (Wildman–Crippen LogP) is 4.53. The second kappa shape index (κ2) is 9.97. The van der Waals surface area contributed by atoms with Gasteiger partial charge < -0.3 is 29.3 Å². The van der Waals surface area contributed by atoms with E-state index in [2.05, 4.69) is 5.32 Å². The first-order valence-electron chi connectivity index (χ1n) is 11.2. The molecule has 2 amide bonds. The maximum atomic E-state index is 13.5. The lowest BCUT2D eigenvalue weighted by Gasteiger charge is -2.41. The highest BCUT2D eigenvalue weighted by Crippen LogP contribution is 2.42. The summed E-state index contributed by atoms with van der Waals surface area (Å²) in [6.07, 6.45) is -0.0796. The highest BCUT2D eigenvalue weighted by atomic mass is 16.5. The number of rotatable bonds is 7. The Labute approximate surface area is 205 Å². The van der Waals surface area contributed by atoms with Crippen LogP contribution in [0.15, 0.2) is 60.7 Å². The van der Waals surface area contributed by atoms with Crippen LogP contribution in [-0.4, -0.2) is 46.2 Å². The van der Waals surface area contributed by atoms with Crippen molar-refractivity contribution in [2.45, 2.75) is 19.4 Å².